The van der Waals surface area contributed by atoms with Crippen molar-refractivity contribution >= 4 is 0 Å². The molecule has 4 heteroatoms. The van der Waals surface area contributed by atoms with Gasteiger partial charge in [0, 0.05) is 38.0 Å². The van der Waals surface area contributed by atoms with E-state index in [1.165, 1.54) is 5.56 Å². The predicted octanol–water partition coefficient (Wildman–Crippen LogP) is 2.15. The lowest BCUT2D eigenvalue weighted by molar-refractivity contribution is 0.313. The van der Waals surface area contributed by atoms with Crippen molar-refractivity contribution in [1.82, 2.24) is 14.9 Å². The van der Waals surface area contributed by atoms with Gasteiger partial charge in [-0.1, -0.05) is 25.1 Å². The van der Waals surface area contributed by atoms with Crippen molar-refractivity contribution in [2.75, 3.05) is 13.2 Å². The van der Waals surface area contributed by atoms with Crippen molar-refractivity contribution in [1.29, 1.82) is 0 Å². The Bertz CT molecular complexity index is 508. The quantitative estimate of drug-likeness (QED) is 0.828. The summed E-state index contributed by atoms with van der Waals surface area (Å²) in [4.78, 5) is 4.29. The largest absolute Gasteiger partial charge is 0.493 e. The maximum absolute atomic E-state index is 5.87. The Morgan fingerprint density at radius 3 is 2.89 bits per heavy atom. The molecule has 0 aliphatic rings. The molecule has 1 N–H and O–H groups in total. The normalized spacial score (nSPS) is 10.6. The van der Waals surface area contributed by atoms with Gasteiger partial charge in [0.2, 0.25) is 0 Å². The third-order valence-corrected chi connectivity index (χ3v) is 3.04. The predicted molar refractivity (Wildman–Crippen MR) is 76.2 cm³/mol. The highest BCUT2D eigenvalue weighted by molar-refractivity contribution is 5.33. The van der Waals surface area contributed by atoms with Crippen LogP contribution in [-0.4, -0.2) is 22.7 Å². The minimum atomic E-state index is 0.647. The van der Waals surface area contributed by atoms with Gasteiger partial charge in [0.05, 0.1) is 6.61 Å². The maximum atomic E-state index is 5.87. The first kappa shape index (κ1) is 13.6. The molecule has 0 spiro atoms. The molecule has 0 atom stereocenters. The van der Waals surface area contributed by atoms with Gasteiger partial charge in [0.25, 0.3) is 0 Å². The summed E-state index contributed by atoms with van der Waals surface area (Å²) < 4.78 is 7.89. The molecule has 0 radical (unpaired) electrons. The van der Waals surface area contributed by atoms with Gasteiger partial charge < -0.3 is 14.6 Å². The second-order valence-corrected chi connectivity index (χ2v) is 4.44. The summed E-state index contributed by atoms with van der Waals surface area (Å²) in [5, 5.41) is 3.32. The molecule has 1 aromatic carbocycles. The number of hydrogen-bond donors (Lipinski definition) is 1. The van der Waals surface area contributed by atoms with Gasteiger partial charge in [-0.2, -0.15) is 0 Å². The van der Waals surface area contributed by atoms with Gasteiger partial charge in [-0.05, 0) is 12.6 Å². The van der Waals surface area contributed by atoms with Gasteiger partial charge >= 0.3 is 0 Å². The number of hydrogen-bond acceptors (Lipinski definition) is 3. The van der Waals surface area contributed by atoms with Crippen LogP contribution in [0.15, 0.2) is 36.7 Å². The van der Waals surface area contributed by atoms with Gasteiger partial charge in [0.15, 0.2) is 0 Å². The van der Waals surface area contributed by atoms with E-state index in [0.29, 0.717) is 6.61 Å². The van der Waals surface area contributed by atoms with Crippen molar-refractivity contribution in [3.63, 3.8) is 0 Å². The smallest absolute Gasteiger partial charge is 0.123 e. The Hall–Kier alpha value is -1.81. The monoisotopic (exact) mass is 259 g/mol. The number of nitrogens with zero attached hydrogens (tertiary/aromatic N) is 2. The summed E-state index contributed by atoms with van der Waals surface area (Å²) in [6.45, 7) is 4.55. The highest BCUT2D eigenvalue weighted by atomic mass is 16.5. The second kappa shape index (κ2) is 6.95. The molecule has 0 aliphatic carbocycles. The lowest BCUT2D eigenvalue weighted by Gasteiger charge is -2.11. The van der Waals surface area contributed by atoms with Gasteiger partial charge in [-0.3, -0.25) is 0 Å². The molecule has 0 saturated carbocycles. The van der Waals surface area contributed by atoms with Crippen LogP contribution in [0.2, 0.25) is 0 Å². The van der Waals surface area contributed by atoms with Gasteiger partial charge in [0.1, 0.15) is 11.6 Å². The summed E-state index contributed by atoms with van der Waals surface area (Å²) in [5.74, 6) is 2.00. The fourth-order valence-electron chi connectivity index (χ4n) is 1.94. The lowest BCUT2D eigenvalue weighted by Crippen LogP contribution is -2.13. The summed E-state index contributed by atoms with van der Waals surface area (Å²) in [6, 6.07) is 8.16. The number of aromatic nitrogens is 2. The van der Waals surface area contributed by atoms with Crippen molar-refractivity contribution in [3.8, 4) is 5.75 Å². The molecule has 19 heavy (non-hydrogen) atoms. The molecule has 0 saturated heterocycles. The minimum Gasteiger partial charge on any atom is -0.493 e. The van der Waals surface area contributed by atoms with Crippen LogP contribution in [0.1, 0.15) is 18.3 Å². The Labute approximate surface area is 114 Å². The number of aryl methyl sites for hydroxylation is 1. The SMILES string of the molecule is CCNCc1ccccc1OCCc1nccn1C. The van der Waals surface area contributed by atoms with E-state index in [0.717, 1.165) is 31.1 Å². The Balaban J connectivity index is 1.90. The van der Waals surface area contributed by atoms with E-state index < -0.39 is 0 Å². The summed E-state index contributed by atoms with van der Waals surface area (Å²) in [6.07, 6.45) is 4.59. The zero-order valence-corrected chi connectivity index (χ0v) is 11.6. The molecule has 0 bridgehead atoms. The zero-order valence-electron chi connectivity index (χ0n) is 11.6. The molecular weight excluding hydrogens is 238 g/mol. The standard InChI is InChI=1S/C15H21N3O/c1-3-16-12-13-6-4-5-7-14(13)19-11-8-15-17-9-10-18(15)2/h4-7,9-10,16H,3,8,11-12H2,1-2H3. The number of ether oxygens (including phenoxy) is 1. The van der Waals surface area contributed by atoms with Crippen molar-refractivity contribution < 1.29 is 4.74 Å². The van der Waals surface area contributed by atoms with Crippen molar-refractivity contribution in [2.45, 2.75) is 19.9 Å². The average molecular weight is 259 g/mol. The topological polar surface area (TPSA) is 39.1 Å². The first-order chi connectivity index (χ1) is 9.31. The Morgan fingerprint density at radius 1 is 1.32 bits per heavy atom. The molecule has 102 valence electrons. The molecule has 1 heterocycles. The van der Waals surface area contributed by atoms with E-state index in [1.54, 1.807) is 0 Å². The van der Waals surface area contributed by atoms with Crippen LogP contribution < -0.4 is 10.1 Å². The van der Waals surface area contributed by atoms with Crippen molar-refractivity contribution in [3.05, 3.63) is 48.0 Å². The lowest BCUT2D eigenvalue weighted by atomic mass is 10.2. The van der Waals surface area contributed by atoms with Crippen molar-refractivity contribution in [2.24, 2.45) is 7.05 Å². The van der Waals surface area contributed by atoms with Crippen LogP contribution in [0, 0.1) is 0 Å². The molecule has 0 unspecified atom stereocenters. The van der Waals surface area contributed by atoms with Gasteiger partial charge in [-0.15, -0.1) is 0 Å². The molecule has 0 aliphatic heterocycles. The second-order valence-electron chi connectivity index (χ2n) is 4.44. The van der Waals surface area contributed by atoms with Crippen LogP contribution in [0.4, 0.5) is 0 Å². The Kier molecular flexibility index (Phi) is 4.98. The molecule has 2 rings (SSSR count). The third-order valence-electron chi connectivity index (χ3n) is 3.04. The number of benzene rings is 1. The summed E-state index contributed by atoms with van der Waals surface area (Å²) >= 11 is 0. The number of para-hydroxylation sites is 1. The fourth-order valence-corrected chi connectivity index (χ4v) is 1.94. The van der Waals surface area contributed by atoms with E-state index >= 15 is 0 Å². The number of imidazole rings is 1. The summed E-state index contributed by atoms with van der Waals surface area (Å²) in [7, 11) is 2.00. The van der Waals surface area contributed by atoms with E-state index in [9.17, 15) is 0 Å². The highest BCUT2D eigenvalue weighted by Gasteiger charge is 2.04. The van der Waals surface area contributed by atoms with Crippen LogP contribution in [0.25, 0.3) is 0 Å². The molecule has 0 fully saturated rings. The van der Waals surface area contributed by atoms with E-state index in [-0.39, 0.29) is 0 Å². The molecular formula is C15H21N3O. The zero-order chi connectivity index (χ0) is 13.5. The molecule has 0 amide bonds. The van der Waals surface area contributed by atoms with E-state index in [4.69, 9.17) is 4.74 Å². The van der Waals surface area contributed by atoms with E-state index in [2.05, 4.69) is 23.3 Å². The maximum Gasteiger partial charge on any atom is 0.123 e. The van der Waals surface area contributed by atoms with E-state index in [1.807, 2.05) is 42.2 Å². The van der Waals surface area contributed by atoms with Gasteiger partial charge in [-0.25, -0.2) is 4.98 Å². The van der Waals surface area contributed by atoms with Crippen LogP contribution >= 0.6 is 0 Å². The minimum absolute atomic E-state index is 0.647. The highest BCUT2D eigenvalue weighted by Crippen LogP contribution is 2.17. The molecule has 2 aromatic rings. The molecule has 4 nitrogen and oxygen atoms in total. The first-order valence-corrected chi connectivity index (χ1v) is 6.69. The first-order valence-electron chi connectivity index (χ1n) is 6.69. The van der Waals surface area contributed by atoms with Crippen LogP contribution in [-0.2, 0) is 20.0 Å². The summed E-state index contributed by atoms with van der Waals surface area (Å²) in [5.41, 5.74) is 1.20. The Morgan fingerprint density at radius 2 is 2.16 bits per heavy atom. The average Bonchev–Trinajstić information content (AvgIpc) is 2.83. The third kappa shape index (κ3) is 3.83. The number of rotatable bonds is 7. The van der Waals surface area contributed by atoms with Crippen LogP contribution in [0.5, 0.6) is 5.75 Å². The fraction of sp³-hybridized carbons (Fsp3) is 0.400. The van der Waals surface area contributed by atoms with Crippen LogP contribution in [0.3, 0.4) is 0 Å². The number of nitrogens with one attached hydrogen (secondary N) is 1. The molecule has 1 aromatic heterocycles.